The van der Waals surface area contributed by atoms with Crippen molar-refractivity contribution in [1.82, 2.24) is 0 Å². The fourth-order valence-electron chi connectivity index (χ4n) is 3.76. The van der Waals surface area contributed by atoms with Gasteiger partial charge in [0, 0.05) is 17.4 Å². The van der Waals surface area contributed by atoms with E-state index in [2.05, 4.69) is 31.0 Å². The van der Waals surface area contributed by atoms with Crippen molar-refractivity contribution >= 4 is 38.4 Å². The van der Waals surface area contributed by atoms with Crippen LogP contribution >= 0.6 is 11.8 Å². The first-order chi connectivity index (χ1) is 13.4. The van der Waals surface area contributed by atoms with Crippen LogP contribution in [0.3, 0.4) is 0 Å². The molecule has 0 spiro atoms. The lowest BCUT2D eigenvalue weighted by Crippen LogP contribution is -2.37. The van der Waals surface area contributed by atoms with Crippen LogP contribution in [-0.2, 0) is 21.1 Å². The number of aryl methyl sites for hydroxylation is 1. The minimum atomic E-state index is -3.04. The molecule has 0 bridgehead atoms. The van der Waals surface area contributed by atoms with Gasteiger partial charge in [-0.15, -0.1) is 0 Å². The molecule has 3 rings (SSSR count). The molecule has 0 radical (unpaired) electrons. The molecule has 2 saturated heterocycles. The van der Waals surface area contributed by atoms with E-state index in [1.54, 1.807) is 0 Å². The Bertz CT molecular complexity index is 819. The molecular formula is C21H30N2O3S2. The summed E-state index contributed by atoms with van der Waals surface area (Å²) in [5.41, 5.74) is 2.21. The number of anilines is 1. The summed E-state index contributed by atoms with van der Waals surface area (Å²) < 4.78 is 24.3. The number of thioether (sulfide) groups is 1. The van der Waals surface area contributed by atoms with Gasteiger partial charge in [0.15, 0.2) is 15.0 Å². The third-order valence-corrected chi connectivity index (χ3v) is 8.52. The summed E-state index contributed by atoms with van der Waals surface area (Å²) in [5.74, 6) is 0.185. The fraction of sp³-hybridized carbons (Fsp3) is 0.619. The number of hydrogen-bond donors (Lipinski definition) is 0. The van der Waals surface area contributed by atoms with Crippen LogP contribution in [0.2, 0.25) is 0 Å². The fourth-order valence-corrected chi connectivity index (χ4v) is 7.69. The molecule has 2 aliphatic heterocycles. The van der Waals surface area contributed by atoms with Crippen LogP contribution in [-0.4, -0.2) is 42.3 Å². The van der Waals surface area contributed by atoms with Crippen molar-refractivity contribution in [3.8, 4) is 0 Å². The van der Waals surface area contributed by atoms with Crippen LogP contribution in [0, 0.1) is 0 Å². The zero-order valence-electron chi connectivity index (χ0n) is 16.8. The number of unbranched alkanes of at least 4 members (excludes halogenated alkanes) is 3. The standard InChI is InChI=1S/C21H30N2O3S2/c1-3-5-7-9-20(24)22-21-23(18-14-28(25,26)15-19(18)27-21)17-12-10-16(11-13-17)8-6-4-2/h10-13,18-19H,3-9,14-15H2,1-2H3. The van der Waals surface area contributed by atoms with Crippen LogP contribution < -0.4 is 4.90 Å². The summed E-state index contributed by atoms with van der Waals surface area (Å²) >= 11 is 1.45. The molecule has 0 aliphatic carbocycles. The number of aliphatic imine (C=N–C) groups is 1. The molecule has 1 amide bonds. The number of sulfone groups is 1. The van der Waals surface area contributed by atoms with Crippen LogP contribution in [0.15, 0.2) is 29.3 Å². The van der Waals surface area contributed by atoms with Gasteiger partial charge in [0.25, 0.3) is 0 Å². The van der Waals surface area contributed by atoms with E-state index in [1.807, 2.05) is 17.0 Å². The highest BCUT2D eigenvalue weighted by Crippen LogP contribution is 2.41. The van der Waals surface area contributed by atoms with Gasteiger partial charge in [0.2, 0.25) is 5.91 Å². The van der Waals surface area contributed by atoms with Gasteiger partial charge in [-0.3, -0.25) is 4.79 Å². The van der Waals surface area contributed by atoms with E-state index in [0.717, 1.165) is 44.2 Å². The highest BCUT2D eigenvalue weighted by Gasteiger charge is 2.49. The lowest BCUT2D eigenvalue weighted by Gasteiger charge is -2.24. The van der Waals surface area contributed by atoms with E-state index in [1.165, 1.54) is 17.3 Å². The van der Waals surface area contributed by atoms with Crippen molar-refractivity contribution in [3.05, 3.63) is 29.8 Å². The third kappa shape index (κ3) is 5.17. The third-order valence-electron chi connectivity index (χ3n) is 5.31. The molecule has 0 aromatic heterocycles. The summed E-state index contributed by atoms with van der Waals surface area (Å²) in [6.45, 7) is 4.29. The van der Waals surface area contributed by atoms with Gasteiger partial charge in [0.1, 0.15) is 0 Å². The van der Waals surface area contributed by atoms with Gasteiger partial charge in [-0.25, -0.2) is 8.42 Å². The molecule has 7 heteroatoms. The average Bonchev–Trinajstić information content (AvgIpc) is 3.11. The number of benzene rings is 1. The molecule has 2 aliphatic rings. The van der Waals surface area contributed by atoms with Crippen molar-refractivity contribution in [3.63, 3.8) is 0 Å². The topological polar surface area (TPSA) is 66.8 Å². The molecule has 2 atom stereocenters. The molecule has 154 valence electrons. The Morgan fingerprint density at radius 1 is 1.11 bits per heavy atom. The predicted octanol–water partition coefficient (Wildman–Crippen LogP) is 4.21. The Morgan fingerprint density at radius 2 is 1.82 bits per heavy atom. The zero-order chi connectivity index (χ0) is 20.1. The second-order valence-electron chi connectivity index (χ2n) is 7.69. The Hall–Kier alpha value is -1.34. The Kier molecular flexibility index (Phi) is 7.20. The van der Waals surface area contributed by atoms with Crippen molar-refractivity contribution in [1.29, 1.82) is 0 Å². The molecule has 5 nitrogen and oxygen atoms in total. The van der Waals surface area contributed by atoms with Gasteiger partial charge in [-0.2, -0.15) is 4.99 Å². The maximum Gasteiger partial charge on any atom is 0.248 e. The number of hydrogen-bond acceptors (Lipinski definition) is 4. The molecule has 2 fully saturated rings. The normalized spacial score (nSPS) is 24.6. The smallest absolute Gasteiger partial charge is 0.248 e. The van der Waals surface area contributed by atoms with Crippen molar-refractivity contribution in [2.75, 3.05) is 16.4 Å². The lowest BCUT2D eigenvalue weighted by atomic mass is 10.1. The summed E-state index contributed by atoms with van der Waals surface area (Å²) in [5, 5.41) is 0.611. The van der Waals surface area contributed by atoms with Crippen LogP contribution in [0.1, 0.15) is 57.9 Å². The van der Waals surface area contributed by atoms with Gasteiger partial charge in [-0.1, -0.05) is 57.0 Å². The molecule has 0 saturated carbocycles. The molecular weight excluding hydrogens is 392 g/mol. The summed E-state index contributed by atoms with van der Waals surface area (Å²) in [6.07, 6.45) is 6.75. The molecule has 2 heterocycles. The monoisotopic (exact) mass is 422 g/mol. The largest absolute Gasteiger partial charge is 0.316 e. The minimum absolute atomic E-state index is 0.0491. The number of fused-ring (bicyclic) bond motifs is 1. The van der Waals surface area contributed by atoms with Crippen LogP contribution in [0.5, 0.6) is 0 Å². The maximum atomic E-state index is 12.3. The second-order valence-corrected chi connectivity index (χ2v) is 11.0. The molecule has 2 unspecified atom stereocenters. The number of carbonyl (C=O) groups excluding carboxylic acids is 1. The van der Waals surface area contributed by atoms with Crippen LogP contribution in [0.25, 0.3) is 0 Å². The highest BCUT2D eigenvalue weighted by molar-refractivity contribution is 8.16. The van der Waals surface area contributed by atoms with Crippen molar-refractivity contribution < 1.29 is 13.2 Å². The SMILES string of the molecule is CCCCCC(=O)N=C1SC2CS(=O)(=O)CC2N1c1ccc(CCCC)cc1. The van der Waals surface area contributed by atoms with E-state index in [-0.39, 0.29) is 28.7 Å². The average molecular weight is 423 g/mol. The van der Waals surface area contributed by atoms with Crippen molar-refractivity contribution in [2.45, 2.75) is 70.1 Å². The Labute approximate surface area is 172 Å². The predicted molar refractivity (Wildman–Crippen MR) is 118 cm³/mol. The number of nitrogens with zero attached hydrogens (tertiary/aromatic N) is 2. The molecule has 1 aromatic carbocycles. The Morgan fingerprint density at radius 3 is 2.50 bits per heavy atom. The van der Waals surface area contributed by atoms with E-state index >= 15 is 0 Å². The number of amidine groups is 1. The number of rotatable bonds is 8. The quantitative estimate of drug-likeness (QED) is 0.587. The van der Waals surface area contributed by atoms with Gasteiger partial charge >= 0.3 is 0 Å². The first kappa shape index (κ1) is 21.4. The summed E-state index contributed by atoms with van der Waals surface area (Å²) in [6, 6.07) is 8.14. The highest BCUT2D eigenvalue weighted by atomic mass is 32.2. The lowest BCUT2D eigenvalue weighted by molar-refractivity contribution is -0.117. The van der Waals surface area contributed by atoms with Crippen LogP contribution in [0.4, 0.5) is 5.69 Å². The van der Waals surface area contributed by atoms with E-state index in [9.17, 15) is 13.2 Å². The summed E-state index contributed by atoms with van der Waals surface area (Å²) in [4.78, 5) is 18.7. The summed E-state index contributed by atoms with van der Waals surface area (Å²) in [7, 11) is -3.04. The zero-order valence-corrected chi connectivity index (χ0v) is 18.4. The number of amides is 1. The number of carbonyl (C=O) groups is 1. The molecule has 28 heavy (non-hydrogen) atoms. The molecule has 0 N–H and O–H groups in total. The van der Waals surface area contributed by atoms with E-state index in [4.69, 9.17) is 0 Å². The Balaban J connectivity index is 1.82. The first-order valence-electron chi connectivity index (χ1n) is 10.3. The second kappa shape index (κ2) is 9.44. The van der Waals surface area contributed by atoms with Crippen molar-refractivity contribution in [2.24, 2.45) is 4.99 Å². The maximum absolute atomic E-state index is 12.3. The van der Waals surface area contributed by atoms with Gasteiger partial charge in [0.05, 0.1) is 17.5 Å². The van der Waals surface area contributed by atoms with E-state index < -0.39 is 9.84 Å². The first-order valence-corrected chi connectivity index (χ1v) is 13.0. The minimum Gasteiger partial charge on any atom is -0.316 e. The van der Waals surface area contributed by atoms with Gasteiger partial charge < -0.3 is 4.90 Å². The van der Waals surface area contributed by atoms with Gasteiger partial charge in [-0.05, 0) is 37.0 Å². The van der Waals surface area contributed by atoms with E-state index in [0.29, 0.717) is 11.6 Å². The molecule has 1 aromatic rings.